The van der Waals surface area contributed by atoms with Crippen LogP contribution in [-0.4, -0.2) is 35.8 Å². The second-order valence-electron chi connectivity index (χ2n) is 8.03. The summed E-state index contributed by atoms with van der Waals surface area (Å²) < 4.78 is 6.09. The summed E-state index contributed by atoms with van der Waals surface area (Å²) >= 11 is 2.82. The average Bonchev–Trinajstić information content (AvgIpc) is 3.46. The smallest absolute Gasteiger partial charge is 0.341 e. The number of benzene rings is 2. The zero-order valence-corrected chi connectivity index (χ0v) is 22.6. The van der Waals surface area contributed by atoms with E-state index in [4.69, 9.17) is 4.74 Å². The summed E-state index contributed by atoms with van der Waals surface area (Å²) in [6, 6.07) is 14.4. The van der Waals surface area contributed by atoms with Crippen molar-refractivity contribution >= 4 is 65.4 Å². The number of rotatable bonds is 11. The Balaban J connectivity index is 1.39. The minimum atomic E-state index is -0.552. The van der Waals surface area contributed by atoms with Crippen LogP contribution in [0.1, 0.15) is 44.0 Å². The van der Waals surface area contributed by atoms with Crippen molar-refractivity contribution in [1.29, 1.82) is 0 Å². The number of unbranched alkanes of at least 4 members (excludes halogenated alkanes) is 1. The van der Waals surface area contributed by atoms with Gasteiger partial charge in [-0.2, -0.15) is 0 Å². The lowest BCUT2D eigenvalue weighted by Crippen LogP contribution is -2.21. The van der Waals surface area contributed by atoms with E-state index in [0.29, 0.717) is 22.4 Å². The van der Waals surface area contributed by atoms with E-state index in [1.54, 1.807) is 6.07 Å². The van der Waals surface area contributed by atoms with Crippen LogP contribution < -0.4 is 4.90 Å². The molecule has 37 heavy (non-hydrogen) atoms. The third-order valence-electron chi connectivity index (χ3n) is 5.49. The lowest BCUT2D eigenvalue weighted by Gasteiger charge is -2.20. The van der Waals surface area contributed by atoms with Gasteiger partial charge in [0.25, 0.3) is 0 Å². The molecule has 4 aromatic rings. The van der Waals surface area contributed by atoms with E-state index in [1.165, 1.54) is 34.8 Å². The van der Waals surface area contributed by atoms with Crippen LogP contribution in [0.3, 0.4) is 0 Å². The summed E-state index contributed by atoms with van der Waals surface area (Å²) in [5, 5.41) is 28.5. The molecule has 192 valence electrons. The number of hydrogen-bond acceptors (Lipinski definition) is 11. The van der Waals surface area contributed by atoms with Gasteiger partial charge in [-0.3, -0.25) is 0 Å². The molecule has 0 aliphatic carbocycles. The van der Waals surface area contributed by atoms with Crippen LogP contribution in [-0.2, 0) is 4.74 Å². The maximum absolute atomic E-state index is 12.1. The van der Waals surface area contributed by atoms with Gasteiger partial charge in [0.2, 0.25) is 5.13 Å². The Morgan fingerprint density at radius 3 is 2.35 bits per heavy atom. The van der Waals surface area contributed by atoms with Gasteiger partial charge in [-0.25, -0.2) is 9.78 Å². The van der Waals surface area contributed by atoms with Gasteiger partial charge in [-0.15, -0.1) is 20.5 Å². The van der Waals surface area contributed by atoms with Crippen LogP contribution in [0, 0.1) is 0 Å². The molecule has 0 saturated heterocycles. The summed E-state index contributed by atoms with van der Waals surface area (Å²) in [7, 11) is 0. The lowest BCUT2D eigenvalue weighted by molar-refractivity contribution is 0.0496. The number of phenols is 1. The highest BCUT2D eigenvalue weighted by Crippen LogP contribution is 2.39. The standard InChI is InChI=1S/C26H28N6O3S2/c1-4-7-14-35-25(34)20-13-10-18(15-21(20)33)29-30-23-16-22-24(37-23)27-26(36-22)31-28-17-8-11-19(12-9-17)32(5-2)6-3/h8-13,15-16,33H,4-7,14H2,1-3H3. The van der Waals surface area contributed by atoms with Crippen molar-refractivity contribution in [2.45, 2.75) is 33.6 Å². The average molecular weight is 537 g/mol. The van der Waals surface area contributed by atoms with Crippen LogP contribution in [0.2, 0.25) is 0 Å². The first-order chi connectivity index (χ1) is 18.0. The highest BCUT2D eigenvalue weighted by Gasteiger charge is 2.13. The molecular weight excluding hydrogens is 508 g/mol. The van der Waals surface area contributed by atoms with Crippen molar-refractivity contribution in [1.82, 2.24) is 4.98 Å². The van der Waals surface area contributed by atoms with E-state index >= 15 is 0 Å². The van der Waals surface area contributed by atoms with Crippen molar-refractivity contribution < 1.29 is 14.6 Å². The Hall–Kier alpha value is -3.70. The summed E-state index contributed by atoms with van der Waals surface area (Å²) in [5.41, 5.74) is 2.47. The normalized spacial score (nSPS) is 11.6. The molecule has 11 heteroatoms. The third kappa shape index (κ3) is 6.75. The number of nitrogens with zero attached hydrogens (tertiary/aromatic N) is 6. The molecule has 2 aromatic heterocycles. The van der Waals surface area contributed by atoms with Crippen molar-refractivity contribution in [3.8, 4) is 5.75 Å². The first kappa shape index (κ1) is 26.4. The first-order valence-electron chi connectivity index (χ1n) is 12.1. The molecule has 4 rings (SSSR count). The number of azo groups is 2. The van der Waals surface area contributed by atoms with Crippen LogP contribution in [0.5, 0.6) is 5.75 Å². The predicted octanol–water partition coefficient (Wildman–Crippen LogP) is 8.70. The summed E-state index contributed by atoms with van der Waals surface area (Å²) in [4.78, 5) is 19.7. The minimum absolute atomic E-state index is 0.109. The fraction of sp³-hybridized carbons (Fsp3) is 0.308. The highest BCUT2D eigenvalue weighted by atomic mass is 32.1. The summed E-state index contributed by atoms with van der Waals surface area (Å²) in [5.74, 6) is -0.743. The second kappa shape index (κ2) is 12.5. The van der Waals surface area contributed by atoms with Crippen molar-refractivity contribution in [2.24, 2.45) is 20.5 Å². The van der Waals surface area contributed by atoms with Gasteiger partial charge in [-0.1, -0.05) is 36.0 Å². The number of fused-ring (bicyclic) bond motifs is 1. The number of ether oxygens (including phenoxy) is 1. The molecule has 0 saturated carbocycles. The number of carbonyl (C=O) groups excluding carboxylic acids is 1. The Kier molecular flexibility index (Phi) is 8.91. The molecule has 0 unspecified atom stereocenters. The fourth-order valence-corrected chi connectivity index (χ4v) is 5.32. The number of aromatic nitrogens is 1. The molecule has 0 atom stereocenters. The highest BCUT2D eigenvalue weighted by molar-refractivity contribution is 7.30. The van der Waals surface area contributed by atoms with Gasteiger partial charge in [0.15, 0.2) is 0 Å². The van der Waals surface area contributed by atoms with Crippen LogP contribution in [0.4, 0.5) is 27.2 Å². The van der Waals surface area contributed by atoms with Crippen molar-refractivity contribution in [2.75, 3.05) is 24.6 Å². The predicted molar refractivity (Wildman–Crippen MR) is 149 cm³/mol. The number of thiazole rings is 1. The molecule has 0 spiro atoms. The topological polar surface area (TPSA) is 112 Å². The second-order valence-corrected chi connectivity index (χ2v) is 10.0. The van der Waals surface area contributed by atoms with Crippen molar-refractivity contribution in [3.63, 3.8) is 0 Å². The van der Waals surface area contributed by atoms with Gasteiger partial charge >= 0.3 is 5.97 Å². The Morgan fingerprint density at radius 2 is 1.68 bits per heavy atom. The van der Waals surface area contributed by atoms with E-state index in [9.17, 15) is 9.90 Å². The molecule has 0 radical (unpaired) electrons. The molecule has 0 aliphatic heterocycles. The van der Waals surface area contributed by atoms with E-state index in [2.05, 4.69) is 44.2 Å². The first-order valence-corrected chi connectivity index (χ1v) is 13.7. The Morgan fingerprint density at radius 1 is 0.946 bits per heavy atom. The van der Waals surface area contributed by atoms with Gasteiger partial charge in [0.1, 0.15) is 21.1 Å². The number of aromatic hydroxyl groups is 1. The molecule has 0 fully saturated rings. The minimum Gasteiger partial charge on any atom is -0.507 e. The van der Waals surface area contributed by atoms with Gasteiger partial charge in [0.05, 0.1) is 22.7 Å². The summed E-state index contributed by atoms with van der Waals surface area (Å²) in [6.07, 6.45) is 1.70. The van der Waals surface area contributed by atoms with E-state index < -0.39 is 5.97 Å². The maximum atomic E-state index is 12.1. The molecule has 9 nitrogen and oxygen atoms in total. The van der Waals surface area contributed by atoms with Crippen LogP contribution >= 0.6 is 22.7 Å². The maximum Gasteiger partial charge on any atom is 0.341 e. The number of hydrogen-bond donors (Lipinski definition) is 1. The molecule has 0 aliphatic rings. The Bertz CT molecular complexity index is 1380. The molecular formula is C26H28N6O3S2. The summed E-state index contributed by atoms with van der Waals surface area (Å²) in [6.45, 7) is 8.52. The number of thiophene rings is 1. The number of anilines is 1. The molecule has 1 N–H and O–H groups in total. The van der Waals surface area contributed by atoms with Gasteiger partial charge < -0.3 is 14.7 Å². The van der Waals surface area contributed by atoms with Crippen LogP contribution in [0.15, 0.2) is 69.0 Å². The van der Waals surface area contributed by atoms with Gasteiger partial charge in [0, 0.05) is 24.8 Å². The SMILES string of the molecule is CCCCOC(=O)c1ccc(N=Nc2cc3sc(N=Nc4ccc(N(CC)CC)cc4)nc3s2)cc1O. The third-order valence-corrected chi connectivity index (χ3v) is 7.42. The monoisotopic (exact) mass is 536 g/mol. The van der Waals surface area contributed by atoms with Gasteiger partial charge in [-0.05, 0) is 62.7 Å². The fourth-order valence-electron chi connectivity index (χ4n) is 3.47. The molecule has 2 heterocycles. The van der Waals surface area contributed by atoms with E-state index in [0.717, 1.165) is 46.8 Å². The van der Waals surface area contributed by atoms with E-state index in [1.807, 2.05) is 37.3 Å². The van der Waals surface area contributed by atoms with Crippen LogP contribution in [0.25, 0.3) is 9.53 Å². The zero-order chi connectivity index (χ0) is 26.2. The zero-order valence-electron chi connectivity index (χ0n) is 20.9. The number of carbonyl (C=O) groups is 1. The molecule has 0 amide bonds. The molecule has 2 aromatic carbocycles. The quantitative estimate of drug-likeness (QED) is 0.117. The number of esters is 1. The molecule has 0 bridgehead atoms. The number of phenolic OH excluding ortho intramolecular Hbond substituents is 1. The lowest BCUT2D eigenvalue weighted by atomic mass is 10.2. The largest absolute Gasteiger partial charge is 0.507 e. The Labute approximate surface area is 223 Å². The van der Waals surface area contributed by atoms with E-state index in [-0.39, 0.29) is 11.3 Å². The van der Waals surface area contributed by atoms with Crippen molar-refractivity contribution in [3.05, 3.63) is 54.1 Å².